The van der Waals surface area contributed by atoms with E-state index in [2.05, 4.69) is 28.9 Å². The van der Waals surface area contributed by atoms with Crippen molar-refractivity contribution in [3.8, 4) is 0 Å². The standard InChI is InChI=1S/C12H17ClFN3/c1-16(2)11-3-4-17(8-11)12-9(6-13)5-10(14)7-15-12/h5,7,11H,3-4,6,8H2,1-2H3. The average Bonchev–Trinajstić information content (AvgIpc) is 2.78. The number of aromatic nitrogens is 1. The Morgan fingerprint density at radius 1 is 1.59 bits per heavy atom. The zero-order chi connectivity index (χ0) is 12.4. The zero-order valence-corrected chi connectivity index (χ0v) is 10.9. The number of rotatable bonds is 3. The molecule has 1 atom stereocenters. The van der Waals surface area contributed by atoms with Gasteiger partial charge in [0.1, 0.15) is 11.6 Å². The van der Waals surface area contributed by atoms with E-state index in [9.17, 15) is 4.39 Å². The lowest BCUT2D eigenvalue weighted by Gasteiger charge is -2.22. The SMILES string of the molecule is CN(C)C1CCN(c2ncc(F)cc2CCl)C1. The summed E-state index contributed by atoms with van der Waals surface area (Å²) in [4.78, 5) is 8.57. The van der Waals surface area contributed by atoms with E-state index in [0.717, 1.165) is 30.9 Å². The first kappa shape index (κ1) is 12.6. The molecule has 1 aliphatic rings. The smallest absolute Gasteiger partial charge is 0.141 e. The highest BCUT2D eigenvalue weighted by Crippen LogP contribution is 2.25. The third-order valence-corrected chi connectivity index (χ3v) is 3.53. The van der Waals surface area contributed by atoms with Crippen LogP contribution in [0.3, 0.4) is 0 Å². The Labute approximate surface area is 106 Å². The van der Waals surface area contributed by atoms with Crippen molar-refractivity contribution >= 4 is 17.4 Å². The zero-order valence-electron chi connectivity index (χ0n) is 10.2. The molecular formula is C12H17ClFN3. The summed E-state index contributed by atoms with van der Waals surface area (Å²) in [5.74, 6) is 0.793. The van der Waals surface area contributed by atoms with Crippen LogP contribution >= 0.6 is 11.6 Å². The molecule has 0 aliphatic carbocycles. The van der Waals surface area contributed by atoms with Crippen LogP contribution in [0.15, 0.2) is 12.3 Å². The molecule has 1 fully saturated rings. The van der Waals surface area contributed by atoms with E-state index >= 15 is 0 Å². The molecule has 0 bridgehead atoms. The van der Waals surface area contributed by atoms with Gasteiger partial charge >= 0.3 is 0 Å². The van der Waals surface area contributed by atoms with Gasteiger partial charge in [-0.25, -0.2) is 9.37 Å². The molecule has 2 rings (SSSR count). The van der Waals surface area contributed by atoms with Crippen molar-refractivity contribution in [1.82, 2.24) is 9.88 Å². The van der Waals surface area contributed by atoms with Crippen LogP contribution in [-0.4, -0.2) is 43.1 Å². The third-order valence-electron chi connectivity index (χ3n) is 3.25. The van der Waals surface area contributed by atoms with Crippen LogP contribution in [-0.2, 0) is 5.88 Å². The fraction of sp³-hybridized carbons (Fsp3) is 0.583. The summed E-state index contributed by atoms with van der Waals surface area (Å²) in [5, 5.41) is 0. The third kappa shape index (κ3) is 2.69. The molecule has 3 nitrogen and oxygen atoms in total. The summed E-state index contributed by atoms with van der Waals surface area (Å²) in [6.07, 6.45) is 2.36. The van der Waals surface area contributed by atoms with E-state index in [1.165, 1.54) is 12.3 Å². The first-order chi connectivity index (χ1) is 8.11. The van der Waals surface area contributed by atoms with Crippen LogP contribution in [0.4, 0.5) is 10.2 Å². The molecule has 0 spiro atoms. The van der Waals surface area contributed by atoms with Gasteiger partial charge in [-0.3, -0.25) is 0 Å². The van der Waals surface area contributed by atoms with E-state index in [1.807, 2.05) is 0 Å². The van der Waals surface area contributed by atoms with Crippen LogP contribution < -0.4 is 4.90 Å². The van der Waals surface area contributed by atoms with E-state index in [-0.39, 0.29) is 5.82 Å². The van der Waals surface area contributed by atoms with Crippen LogP contribution in [0.25, 0.3) is 0 Å². The Morgan fingerprint density at radius 2 is 2.35 bits per heavy atom. The van der Waals surface area contributed by atoms with Crippen molar-refractivity contribution in [3.63, 3.8) is 0 Å². The first-order valence-corrected chi connectivity index (χ1v) is 6.27. The fourth-order valence-electron chi connectivity index (χ4n) is 2.21. The maximum absolute atomic E-state index is 13.1. The van der Waals surface area contributed by atoms with Gasteiger partial charge in [-0.2, -0.15) is 0 Å². The number of likely N-dealkylation sites (N-methyl/N-ethyl adjacent to an activating group) is 1. The average molecular weight is 258 g/mol. The summed E-state index contributed by atoms with van der Waals surface area (Å²) < 4.78 is 13.1. The molecule has 0 saturated carbocycles. The first-order valence-electron chi connectivity index (χ1n) is 5.73. The number of halogens is 2. The van der Waals surface area contributed by atoms with E-state index < -0.39 is 0 Å². The van der Waals surface area contributed by atoms with Gasteiger partial charge in [0.25, 0.3) is 0 Å². The molecule has 0 amide bonds. The normalized spacial score (nSPS) is 20.3. The summed E-state index contributed by atoms with van der Waals surface area (Å²) in [6, 6.07) is 2.00. The maximum atomic E-state index is 13.1. The van der Waals surface area contributed by atoms with Gasteiger partial charge < -0.3 is 9.80 Å². The van der Waals surface area contributed by atoms with Crippen LogP contribution in [0.2, 0.25) is 0 Å². The molecule has 1 aliphatic heterocycles. The molecule has 1 unspecified atom stereocenters. The molecule has 0 radical (unpaired) electrons. The van der Waals surface area contributed by atoms with E-state index in [0.29, 0.717) is 11.9 Å². The number of nitrogens with zero attached hydrogens (tertiary/aromatic N) is 3. The van der Waals surface area contributed by atoms with Gasteiger partial charge in [0.15, 0.2) is 0 Å². The molecule has 0 N–H and O–H groups in total. The topological polar surface area (TPSA) is 19.4 Å². The monoisotopic (exact) mass is 257 g/mol. The van der Waals surface area contributed by atoms with Crippen molar-refractivity contribution in [2.24, 2.45) is 0 Å². The van der Waals surface area contributed by atoms with E-state index in [4.69, 9.17) is 11.6 Å². The predicted molar refractivity (Wildman–Crippen MR) is 68.1 cm³/mol. The Hall–Kier alpha value is -0.870. The molecule has 94 valence electrons. The minimum atomic E-state index is -0.326. The lowest BCUT2D eigenvalue weighted by atomic mass is 10.2. The molecule has 0 aromatic carbocycles. The molecule has 5 heteroatoms. The molecule has 2 heterocycles. The van der Waals surface area contributed by atoms with Crippen molar-refractivity contribution in [2.45, 2.75) is 18.3 Å². The Kier molecular flexibility index (Phi) is 3.84. The second kappa shape index (κ2) is 5.19. The highest BCUT2D eigenvalue weighted by Gasteiger charge is 2.26. The van der Waals surface area contributed by atoms with Crippen LogP contribution in [0.1, 0.15) is 12.0 Å². The Bertz CT molecular complexity index is 397. The van der Waals surface area contributed by atoms with Gasteiger partial charge in [0.05, 0.1) is 12.1 Å². The van der Waals surface area contributed by atoms with Gasteiger partial charge in [-0.1, -0.05) is 0 Å². The fourth-order valence-corrected chi connectivity index (χ4v) is 2.41. The largest absolute Gasteiger partial charge is 0.355 e. The predicted octanol–water partition coefficient (Wildman–Crippen LogP) is 2.10. The second-order valence-electron chi connectivity index (χ2n) is 4.62. The number of hydrogen-bond donors (Lipinski definition) is 0. The van der Waals surface area contributed by atoms with Gasteiger partial charge in [0, 0.05) is 24.7 Å². The van der Waals surface area contributed by atoms with Crippen molar-refractivity contribution in [1.29, 1.82) is 0 Å². The molecule has 1 aromatic heterocycles. The molecule has 1 saturated heterocycles. The molecule has 17 heavy (non-hydrogen) atoms. The van der Waals surface area contributed by atoms with Crippen LogP contribution in [0, 0.1) is 5.82 Å². The summed E-state index contributed by atoms with van der Waals surface area (Å²) in [7, 11) is 4.16. The minimum absolute atomic E-state index is 0.295. The summed E-state index contributed by atoms with van der Waals surface area (Å²) in [5.41, 5.74) is 0.770. The summed E-state index contributed by atoms with van der Waals surface area (Å²) >= 11 is 5.84. The maximum Gasteiger partial charge on any atom is 0.141 e. The lowest BCUT2D eigenvalue weighted by molar-refractivity contribution is 0.315. The second-order valence-corrected chi connectivity index (χ2v) is 4.89. The van der Waals surface area contributed by atoms with Crippen molar-refractivity contribution in [2.75, 3.05) is 32.1 Å². The number of anilines is 1. The quantitative estimate of drug-likeness (QED) is 0.773. The number of hydrogen-bond acceptors (Lipinski definition) is 3. The minimum Gasteiger partial charge on any atom is -0.355 e. The van der Waals surface area contributed by atoms with Gasteiger partial charge in [-0.15, -0.1) is 11.6 Å². The highest BCUT2D eigenvalue weighted by molar-refractivity contribution is 6.17. The van der Waals surface area contributed by atoms with Gasteiger partial charge in [0.2, 0.25) is 0 Å². The van der Waals surface area contributed by atoms with Crippen molar-refractivity contribution in [3.05, 3.63) is 23.6 Å². The number of pyridine rings is 1. The number of alkyl halides is 1. The Morgan fingerprint density at radius 3 is 2.94 bits per heavy atom. The highest BCUT2D eigenvalue weighted by atomic mass is 35.5. The van der Waals surface area contributed by atoms with E-state index in [1.54, 1.807) is 0 Å². The lowest BCUT2D eigenvalue weighted by Crippen LogP contribution is -2.32. The van der Waals surface area contributed by atoms with Gasteiger partial charge in [-0.05, 0) is 26.6 Å². The molecule has 1 aromatic rings. The Balaban J connectivity index is 2.18. The summed E-state index contributed by atoms with van der Waals surface area (Å²) in [6.45, 7) is 1.88. The van der Waals surface area contributed by atoms with Crippen molar-refractivity contribution < 1.29 is 4.39 Å². The molecular weight excluding hydrogens is 241 g/mol. The van der Waals surface area contributed by atoms with Crippen LogP contribution in [0.5, 0.6) is 0 Å².